The van der Waals surface area contributed by atoms with Crippen molar-refractivity contribution in [3.8, 4) is 11.5 Å². The molecule has 3 heterocycles. The van der Waals surface area contributed by atoms with Crippen LogP contribution < -0.4 is 14.8 Å². The van der Waals surface area contributed by atoms with Crippen molar-refractivity contribution < 1.29 is 9.47 Å². The molecular weight excluding hydrogens is 418 g/mol. The van der Waals surface area contributed by atoms with Gasteiger partial charge in [0, 0.05) is 28.8 Å². The molecule has 2 aliphatic rings. The molecule has 0 amide bonds. The molecule has 1 atom stereocenters. The summed E-state index contributed by atoms with van der Waals surface area (Å²) in [4.78, 5) is 5.97. The summed E-state index contributed by atoms with van der Waals surface area (Å²) in [7, 11) is 0. The first-order chi connectivity index (χ1) is 15.7. The Bertz CT molecular complexity index is 1350. The fraction of sp³-hybridized carbons (Fsp3) is 0.192. The van der Waals surface area contributed by atoms with Crippen molar-refractivity contribution in [3.63, 3.8) is 0 Å². The lowest BCUT2D eigenvalue weighted by Gasteiger charge is -2.38. The standard InChI is InChI=1S/C26H23N3O2S/c1-16-6-2-4-8-20(16)28-26(32)29-13-12-19-18-7-3-5-9-21(18)27-24(19)25(29)17-10-11-22-23(14-17)31-15-30-22/h2-11,14,25,27H,12-13,15H2,1H3,(H,28,32)/t25-/m1/s1. The molecule has 0 radical (unpaired) electrons. The van der Waals surface area contributed by atoms with Gasteiger partial charge in [0.25, 0.3) is 0 Å². The lowest BCUT2D eigenvalue weighted by molar-refractivity contribution is 0.174. The van der Waals surface area contributed by atoms with Crippen LogP contribution in [0.4, 0.5) is 5.69 Å². The molecule has 160 valence electrons. The van der Waals surface area contributed by atoms with Crippen molar-refractivity contribution in [3.05, 3.63) is 89.1 Å². The Morgan fingerprint density at radius 3 is 2.75 bits per heavy atom. The molecule has 0 spiro atoms. The van der Waals surface area contributed by atoms with Crippen molar-refractivity contribution in [2.24, 2.45) is 0 Å². The first-order valence-electron chi connectivity index (χ1n) is 10.8. The van der Waals surface area contributed by atoms with E-state index in [0.717, 1.165) is 46.8 Å². The molecule has 32 heavy (non-hydrogen) atoms. The SMILES string of the molecule is Cc1ccccc1NC(=S)N1CCc2c([nH]c3ccccc23)[C@H]1c1ccc2c(c1)OCO2. The van der Waals surface area contributed by atoms with Gasteiger partial charge in [-0.15, -0.1) is 0 Å². The van der Waals surface area contributed by atoms with Crippen molar-refractivity contribution in [2.75, 3.05) is 18.7 Å². The zero-order valence-corrected chi connectivity index (χ0v) is 18.5. The van der Waals surface area contributed by atoms with Gasteiger partial charge >= 0.3 is 0 Å². The van der Waals surface area contributed by atoms with Gasteiger partial charge in [0.1, 0.15) is 0 Å². The van der Waals surface area contributed by atoms with Gasteiger partial charge in [0.15, 0.2) is 16.6 Å². The topological polar surface area (TPSA) is 49.5 Å². The van der Waals surface area contributed by atoms with E-state index in [1.54, 1.807) is 0 Å². The van der Waals surface area contributed by atoms with E-state index in [-0.39, 0.29) is 12.8 Å². The Hall–Kier alpha value is -3.51. The van der Waals surface area contributed by atoms with Crippen molar-refractivity contribution >= 4 is 33.9 Å². The van der Waals surface area contributed by atoms with E-state index in [4.69, 9.17) is 21.7 Å². The molecule has 2 aliphatic heterocycles. The van der Waals surface area contributed by atoms with Crippen molar-refractivity contribution in [1.29, 1.82) is 0 Å². The van der Waals surface area contributed by atoms with Crippen LogP contribution >= 0.6 is 12.2 Å². The number of anilines is 1. The van der Waals surface area contributed by atoms with Crippen LogP contribution in [0.5, 0.6) is 11.5 Å². The number of rotatable bonds is 2. The Kier molecular flexibility index (Phi) is 4.54. The van der Waals surface area contributed by atoms with Crippen LogP contribution in [-0.2, 0) is 6.42 Å². The highest BCUT2D eigenvalue weighted by atomic mass is 32.1. The minimum Gasteiger partial charge on any atom is -0.454 e. The number of aromatic amines is 1. The molecule has 1 aromatic heterocycles. The van der Waals surface area contributed by atoms with Crippen molar-refractivity contribution in [2.45, 2.75) is 19.4 Å². The number of fused-ring (bicyclic) bond motifs is 4. The van der Waals surface area contributed by atoms with E-state index < -0.39 is 0 Å². The van der Waals surface area contributed by atoms with Crippen LogP contribution in [0.15, 0.2) is 66.7 Å². The second-order valence-corrected chi connectivity index (χ2v) is 8.65. The van der Waals surface area contributed by atoms with Crippen LogP contribution in [0.25, 0.3) is 10.9 Å². The molecular formula is C26H23N3O2S. The number of aryl methyl sites for hydroxylation is 1. The molecule has 0 bridgehead atoms. The molecule has 0 unspecified atom stereocenters. The first-order valence-corrected chi connectivity index (χ1v) is 11.2. The average molecular weight is 442 g/mol. The van der Waals surface area contributed by atoms with E-state index in [9.17, 15) is 0 Å². The maximum atomic E-state index is 5.95. The van der Waals surface area contributed by atoms with E-state index in [0.29, 0.717) is 5.11 Å². The molecule has 0 saturated carbocycles. The number of hydrogen-bond donors (Lipinski definition) is 2. The predicted octanol–water partition coefficient (Wildman–Crippen LogP) is 5.55. The third-order valence-corrected chi connectivity index (χ3v) is 6.73. The number of nitrogens with one attached hydrogen (secondary N) is 2. The number of nitrogens with zero attached hydrogens (tertiary/aromatic N) is 1. The Labute approximate surface area is 192 Å². The Morgan fingerprint density at radius 2 is 1.84 bits per heavy atom. The lowest BCUT2D eigenvalue weighted by atomic mass is 9.92. The third-order valence-electron chi connectivity index (χ3n) is 6.39. The normalized spacial score (nSPS) is 16.8. The van der Waals surface area contributed by atoms with E-state index in [1.807, 2.05) is 18.2 Å². The quantitative estimate of drug-likeness (QED) is 0.400. The highest BCUT2D eigenvalue weighted by molar-refractivity contribution is 7.80. The highest BCUT2D eigenvalue weighted by Crippen LogP contribution is 2.42. The second-order valence-electron chi connectivity index (χ2n) is 8.27. The minimum absolute atomic E-state index is 0.0512. The predicted molar refractivity (Wildman–Crippen MR) is 131 cm³/mol. The zero-order valence-electron chi connectivity index (χ0n) is 17.7. The number of ether oxygens (including phenoxy) is 2. The summed E-state index contributed by atoms with van der Waals surface area (Å²) in [6.07, 6.45) is 0.927. The molecule has 2 N–H and O–H groups in total. The van der Waals surface area contributed by atoms with E-state index in [1.165, 1.54) is 16.6 Å². The van der Waals surface area contributed by atoms with Gasteiger partial charge in [-0.25, -0.2) is 0 Å². The molecule has 0 fully saturated rings. The fourth-order valence-electron chi connectivity index (χ4n) is 4.79. The summed E-state index contributed by atoms with van der Waals surface area (Å²) >= 11 is 5.95. The second kappa shape index (κ2) is 7.57. The molecule has 6 rings (SSSR count). The monoisotopic (exact) mass is 441 g/mol. The summed E-state index contributed by atoms with van der Waals surface area (Å²) in [5.74, 6) is 1.57. The first kappa shape index (κ1) is 19.2. The highest BCUT2D eigenvalue weighted by Gasteiger charge is 2.34. The average Bonchev–Trinajstić information content (AvgIpc) is 3.43. The molecule has 0 aliphatic carbocycles. The van der Waals surface area contributed by atoms with Crippen LogP contribution in [0.2, 0.25) is 0 Å². The summed E-state index contributed by atoms with van der Waals surface area (Å²) < 4.78 is 11.2. The number of hydrogen-bond acceptors (Lipinski definition) is 3. The largest absolute Gasteiger partial charge is 0.454 e. The third kappa shape index (κ3) is 3.10. The summed E-state index contributed by atoms with van der Waals surface area (Å²) in [6, 6.07) is 22.9. The number of thiocarbonyl (C=S) groups is 1. The van der Waals surface area contributed by atoms with Gasteiger partial charge in [-0.2, -0.15) is 0 Å². The van der Waals surface area contributed by atoms with Gasteiger partial charge in [0.05, 0.1) is 6.04 Å². The smallest absolute Gasteiger partial charge is 0.231 e. The number of aromatic nitrogens is 1. The van der Waals surface area contributed by atoms with Gasteiger partial charge in [-0.1, -0.05) is 42.5 Å². The fourth-order valence-corrected chi connectivity index (χ4v) is 5.10. The minimum atomic E-state index is -0.0512. The lowest BCUT2D eigenvalue weighted by Crippen LogP contribution is -2.42. The van der Waals surface area contributed by atoms with E-state index in [2.05, 4.69) is 70.7 Å². The number of H-pyrrole nitrogens is 1. The van der Waals surface area contributed by atoms with Crippen LogP contribution in [-0.4, -0.2) is 28.3 Å². The van der Waals surface area contributed by atoms with Crippen LogP contribution in [0.3, 0.4) is 0 Å². The van der Waals surface area contributed by atoms with Gasteiger partial charge in [-0.3, -0.25) is 0 Å². The summed E-state index contributed by atoms with van der Waals surface area (Å²) in [5, 5.41) is 5.48. The van der Waals surface area contributed by atoms with Gasteiger partial charge < -0.3 is 24.7 Å². The zero-order chi connectivity index (χ0) is 21.7. The number of para-hydroxylation sites is 2. The molecule has 3 aromatic carbocycles. The van der Waals surface area contributed by atoms with Crippen molar-refractivity contribution in [1.82, 2.24) is 9.88 Å². The maximum Gasteiger partial charge on any atom is 0.231 e. The van der Waals surface area contributed by atoms with Gasteiger partial charge in [-0.05, 0) is 66.5 Å². The van der Waals surface area contributed by atoms with Gasteiger partial charge in [0.2, 0.25) is 6.79 Å². The molecule has 0 saturated heterocycles. The maximum absolute atomic E-state index is 5.95. The molecule has 5 nitrogen and oxygen atoms in total. The Morgan fingerprint density at radius 1 is 1.03 bits per heavy atom. The number of benzene rings is 3. The summed E-state index contributed by atoms with van der Waals surface area (Å²) in [5.41, 5.74) is 7.02. The molecule has 6 heteroatoms. The summed E-state index contributed by atoms with van der Waals surface area (Å²) in [6.45, 7) is 3.18. The van der Waals surface area contributed by atoms with Crippen LogP contribution in [0, 0.1) is 6.92 Å². The van der Waals surface area contributed by atoms with E-state index >= 15 is 0 Å². The molecule has 4 aromatic rings. The Balaban J connectivity index is 1.45. The van der Waals surface area contributed by atoms with Crippen LogP contribution in [0.1, 0.15) is 28.4 Å².